The predicted molar refractivity (Wildman–Crippen MR) is 53.9 cm³/mol. The van der Waals surface area contributed by atoms with Crippen LogP contribution in [-0.4, -0.2) is 19.0 Å². The van der Waals surface area contributed by atoms with E-state index in [2.05, 4.69) is 17.2 Å². The van der Waals surface area contributed by atoms with E-state index in [4.69, 9.17) is 5.73 Å². The highest BCUT2D eigenvalue weighted by Crippen LogP contribution is 2.18. The van der Waals surface area contributed by atoms with Crippen LogP contribution in [0.15, 0.2) is 0 Å². The summed E-state index contributed by atoms with van der Waals surface area (Å²) in [6.07, 6.45) is 0.745. The van der Waals surface area contributed by atoms with Gasteiger partial charge in [-0.1, -0.05) is 12.8 Å². The van der Waals surface area contributed by atoms with E-state index >= 15 is 0 Å². The largest absolute Gasteiger partial charge is 0.345 e. The summed E-state index contributed by atoms with van der Waals surface area (Å²) in [4.78, 5) is 11.5. The molecule has 0 spiro atoms. The van der Waals surface area contributed by atoms with Crippen LogP contribution in [0.1, 0.15) is 27.2 Å². The third-order valence-corrected chi connectivity index (χ3v) is 2.29. The molecule has 0 aromatic carbocycles. The molecule has 0 saturated heterocycles. The zero-order valence-electron chi connectivity index (χ0n) is 8.61. The fraction of sp³-hybridized carbons (Fsp3) is 0.700. The van der Waals surface area contributed by atoms with Crippen molar-refractivity contribution in [3.8, 4) is 11.8 Å². The Bertz CT molecular complexity index is 221. The summed E-state index contributed by atoms with van der Waals surface area (Å²) in [5.41, 5.74) is 5.08. The van der Waals surface area contributed by atoms with Crippen LogP contribution in [0, 0.1) is 17.3 Å². The van der Waals surface area contributed by atoms with Gasteiger partial charge in [0, 0.05) is 6.54 Å². The van der Waals surface area contributed by atoms with E-state index in [-0.39, 0.29) is 5.91 Å². The highest BCUT2D eigenvalue weighted by atomic mass is 16.2. The molecule has 3 heteroatoms. The molecule has 0 saturated carbocycles. The summed E-state index contributed by atoms with van der Waals surface area (Å²) in [7, 11) is 0. The molecule has 0 rings (SSSR count). The van der Waals surface area contributed by atoms with E-state index in [1.165, 1.54) is 0 Å². The molecule has 1 unspecified atom stereocenters. The lowest BCUT2D eigenvalue weighted by Crippen LogP contribution is -2.43. The zero-order chi connectivity index (χ0) is 10.3. The molecule has 1 amide bonds. The molecule has 0 aromatic heterocycles. The molecule has 3 nitrogen and oxygen atoms in total. The topological polar surface area (TPSA) is 55.1 Å². The van der Waals surface area contributed by atoms with Crippen molar-refractivity contribution in [3.63, 3.8) is 0 Å². The predicted octanol–water partition coefficient (Wildman–Crippen LogP) is 0.501. The first-order valence-corrected chi connectivity index (χ1v) is 4.48. The zero-order valence-corrected chi connectivity index (χ0v) is 8.61. The average Bonchev–Trinajstić information content (AvgIpc) is 2.17. The van der Waals surface area contributed by atoms with E-state index in [9.17, 15) is 4.79 Å². The van der Waals surface area contributed by atoms with E-state index < -0.39 is 5.41 Å². The molecule has 0 aliphatic carbocycles. The highest BCUT2D eigenvalue weighted by molar-refractivity contribution is 5.82. The smallest absolute Gasteiger partial charge is 0.227 e. The van der Waals surface area contributed by atoms with Crippen LogP contribution in [0.25, 0.3) is 0 Å². The average molecular weight is 182 g/mol. The van der Waals surface area contributed by atoms with Crippen LogP contribution in [0.4, 0.5) is 0 Å². The number of carbonyl (C=O) groups excluding carboxylic acids is 1. The Hall–Kier alpha value is -1.01. The van der Waals surface area contributed by atoms with Crippen molar-refractivity contribution >= 4 is 5.91 Å². The number of hydrogen-bond acceptors (Lipinski definition) is 2. The summed E-state index contributed by atoms with van der Waals surface area (Å²) in [5.74, 6) is 5.48. The molecule has 0 bridgehead atoms. The lowest BCUT2D eigenvalue weighted by atomic mass is 9.87. The van der Waals surface area contributed by atoms with Crippen LogP contribution in [-0.2, 0) is 4.79 Å². The summed E-state index contributed by atoms with van der Waals surface area (Å²) in [6.45, 7) is 6.34. The van der Waals surface area contributed by atoms with Gasteiger partial charge in [0.05, 0.1) is 12.0 Å². The van der Waals surface area contributed by atoms with Crippen molar-refractivity contribution in [3.05, 3.63) is 0 Å². The number of carbonyl (C=O) groups is 1. The lowest BCUT2D eigenvalue weighted by Gasteiger charge is -2.24. The van der Waals surface area contributed by atoms with Gasteiger partial charge in [-0.15, -0.1) is 5.92 Å². The minimum absolute atomic E-state index is 0.0137. The molecule has 0 fully saturated rings. The van der Waals surface area contributed by atoms with Gasteiger partial charge in [-0.25, -0.2) is 0 Å². The molecule has 0 aliphatic rings. The molecule has 0 heterocycles. The summed E-state index contributed by atoms with van der Waals surface area (Å²) < 4.78 is 0. The summed E-state index contributed by atoms with van der Waals surface area (Å²) in [5, 5.41) is 2.73. The van der Waals surface area contributed by atoms with E-state index in [0.29, 0.717) is 13.1 Å². The number of hydrogen-bond donors (Lipinski definition) is 2. The molecule has 0 radical (unpaired) electrons. The monoisotopic (exact) mass is 182 g/mol. The maximum Gasteiger partial charge on any atom is 0.227 e. The minimum Gasteiger partial charge on any atom is -0.345 e. The number of rotatable bonds is 4. The molecular formula is C10H18N2O. The normalized spacial score (nSPS) is 13.8. The van der Waals surface area contributed by atoms with E-state index in [1.807, 2.05) is 13.8 Å². The SMILES string of the molecule is CC#CCNC(=O)C(C)(CC)CN. The minimum atomic E-state index is -0.449. The molecule has 3 N–H and O–H groups in total. The van der Waals surface area contributed by atoms with Crippen molar-refractivity contribution < 1.29 is 4.79 Å². The molecule has 0 aromatic rings. The molecule has 13 heavy (non-hydrogen) atoms. The van der Waals surface area contributed by atoms with Crippen molar-refractivity contribution in [1.29, 1.82) is 0 Å². The van der Waals surface area contributed by atoms with Crippen molar-refractivity contribution in [2.24, 2.45) is 11.1 Å². The van der Waals surface area contributed by atoms with Crippen molar-refractivity contribution in [2.75, 3.05) is 13.1 Å². The fourth-order valence-corrected chi connectivity index (χ4v) is 0.824. The number of nitrogens with two attached hydrogens (primary N) is 1. The van der Waals surface area contributed by atoms with Crippen molar-refractivity contribution in [2.45, 2.75) is 27.2 Å². The second-order valence-corrected chi connectivity index (χ2v) is 3.23. The van der Waals surface area contributed by atoms with Gasteiger partial charge >= 0.3 is 0 Å². The molecule has 0 aliphatic heterocycles. The Kier molecular flexibility index (Phi) is 5.17. The maximum absolute atomic E-state index is 11.5. The van der Waals surface area contributed by atoms with Gasteiger partial charge in [-0.3, -0.25) is 4.79 Å². The number of nitrogens with one attached hydrogen (secondary N) is 1. The lowest BCUT2D eigenvalue weighted by molar-refractivity contribution is -0.129. The Morgan fingerprint density at radius 3 is 2.62 bits per heavy atom. The third-order valence-electron chi connectivity index (χ3n) is 2.29. The quantitative estimate of drug-likeness (QED) is 0.622. The Labute approximate surface area is 80.1 Å². The summed E-state index contributed by atoms with van der Waals surface area (Å²) >= 11 is 0. The van der Waals surface area contributed by atoms with E-state index in [0.717, 1.165) is 6.42 Å². The molecule has 1 atom stereocenters. The second kappa shape index (κ2) is 5.60. The van der Waals surface area contributed by atoms with Gasteiger partial charge in [0.1, 0.15) is 0 Å². The fourth-order valence-electron chi connectivity index (χ4n) is 0.824. The first-order chi connectivity index (χ1) is 6.10. The Morgan fingerprint density at radius 1 is 1.62 bits per heavy atom. The van der Waals surface area contributed by atoms with Crippen LogP contribution in [0.3, 0.4) is 0 Å². The van der Waals surface area contributed by atoms with Crippen LogP contribution in [0.5, 0.6) is 0 Å². The van der Waals surface area contributed by atoms with E-state index in [1.54, 1.807) is 6.92 Å². The van der Waals surface area contributed by atoms with Gasteiger partial charge < -0.3 is 11.1 Å². The Balaban J connectivity index is 4.12. The first kappa shape index (κ1) is 12.0. The van der Waals surface area contributed by atoms with Gasteiger partial charge in [0.25, 0.3) is 0 Å². The Morgan fingerprint density at radius 2 is 2.23 bits per heavy atom. The van der Waals surface area contributed by atoms with Gasteiger partial charge in [-0.05, 0) is 20.3 Å². The standard InChI is InChI=1S/C10H18N2O/c1-4-6-7-12-9(13)10(3,5-2)8-11/h5,7-8,11H2,1-3H3,(H,12,13). The van der Waals surface area contributed by atoms with Crippen LogP contribution < -0.4 is 11.1 Å². The van der Waals surface area contributed by atoms with Crippen molar-refractivity contribution in [1.82, 2.24) is 5.32 Å². The first-order valence-electron chi connectivity index (χ1n) is 4.48. The van der Waals surface area contributed by atoms with Gasteiger partial charge in [-0.2, -0.15) is 0 Å². The third kappa shape index (κ3) is 3.47. The van der Waals surface area contributed by atoms with Gasteiger partial charge in [0.15, 0.2) is 0 Å². The maximum atomic E-state index is 11.5. The molecule has 74 valence electrons. The highest BCUT2D eigenvalue weighted by Gasteiger charge is 2.28. The second-order valence-electron chi connectivity index (χ2n) is 3.23. The molecular weight excluding hydrogens is 164 g/mol. The van der Waals surface area contributed by atoms with Crippen LogP contribution in [0.2, 0.25) is 0 Å². The number of amides is 1. The van der Waals surface area contributed by atoms with Gasteiger partial charge in [0.2, 0.25) is 5.91 Å². The summed E-state index contributed by atoms with van der Waals surface area (Å²) in [6, 6.07) is 0. The van der Waals surface area contributed by atoms with Crippen LogP contribution >= 0.6 is 0 Å².